The van der Waals surface area contributed by atoms with Gasteiger partial charge in [0.05, 0.1) is 12.2 Å². The summed E-state index contributed by atoms with van der Waals surface area (Å²) in [6, 6.07) is 10.5. The third-order valence-electron chi connectivity index (χ3n) is 5.37. The van der Waals surface area contributed by atoms with Gasteiger partial charge in [0.2, 0.25) is 0 Å². The molecule has 25 heavy (non-hydrogen) atoms. The summed E-state index contributed by atoms with van der Waals surface area (Å²) >= 11 is 0. The maximum atomic E-state index is 12.6. The summed E-state index contributed by atoms with van der Waals surface area (Å²) in [5.74, 6) is -0.170. The lowest BCUT2D eigenvalue weighted by molar-refractivity contribution is 0.0918. The van der Waals surface area contributed by atoms with Crippen molar-refractivity contribution in [2.24, 2.45) is 0 Å². The van der Waals surface area contributed by atoms with Gasteiger partial charge in [0.1, 0.15) is 0 Å². The Morgan fingerprint density at radius 1 is 1.28 bits per heavy atom. The standard InChI is InChI=1S/C19H27N5O/c1-14(19(2,3)15-7-5-4-6-8-15)21-18(25)17-13-24(23-22-17)16-9-11-20-12-10-16/h4-8,13-14,16,20H,9-12H2,1-3H3,(H,21,25). The Kier molecular flexibility index (Phi) is 5.18. The highest BCUT2D eigenvalue weighted by molar-refractivity contribution is 5.92. The summed E-state index contributed by atoms with van der Waals surface area (Å²) < 4.78 is 1.84. The van der Waals surface area contributed by atoms with E-state index < -0.39 is 0 Å². The third kappa shape index (κ3) is 3.90. The molecule has 6 nitrogen and oxygen atoms in total. The second-order valence-corrected chi connectivity index (χ2v) is 7.35. The van der Waals surface area contributed by atoms with Gasteiger partial charge in [-0.3, -0.25) is 4.79 Å². The molecule has 6 heteroatoms. The Labute approximate surface area is 149 Å². The molecule has 2 aromatic rings. The fraction of sp³-hybridized carbons (Fsp3) is 0.526. The Hall–Kier alpha value is -2.21. The molecule has 3 rings (SSSR count). The minimum atomic E-state index is -0.179. The average molecular weight is 341 g/mol. The minimum Gasteiger partial charge on any atom is -0.347 e. The van der Waals surface area contributed by atoms with E-state index in [0.717, 1.165) is 25.9 Å². The molecule has 0 bridgehead atoms. The fourth-order valence-corrected chi connectivity index (χ4v) is 3.20. The van der Waals surface area contributed by atoms with Crippen molar-refractivity contribution in [2.75, 3.05) is 13.1 Å². The molecule has 1 aromatic heterocycles. The number of hydrogen-bond acceptors (Lipinski definition) is 4. The topological polar surface area (TPSA) is 71.8 Å². The van der Waals surface area contributed by atoms with Crippen LogP contribution in [0.4, 0.5) is 0 Å². The molecule has 134 valence electrons. The van der Waals surface area contributed by atoms with E-state index in [4.69, 9.17) is 0 Å². The number of amides is 1. The number of carbonyl (C=O) groups is 1. The maximum absolute atomic E-state index is 12.6. The van der Waals surface area contributed by atoms with Gasteiger partial charge in [0, 0.05) is 11.5 Å². The van der Waals surface area contributed by atoms with Crippen molar-refractivity contribution in [1.82, 2.24) is 25.6 Å². The summed E-state index contributed by atoms with van der Waals surface area (Å²) in [5, 5.41) is 14.7. The number of aromatic nitrogens is 3. The molecule has 1 amide bonds. The van der Waals surface area contributed by atoms with E-state index in [1.807, 2.05) is 29.8 Å². The quantitative estimate of drug-likeness (QED) is 0.875. The van der Waals surface area contributed by atoms with Gasteiger partial charge in [-0.05, 0) is 38.4 Å². The third-order valence-corrected chi connectivity index (χ3v) is 5.37. The van der Waals surface area contributed by atoms with E-state index in [-0.39, 0.29) is 17.4 Å². The Morgan fingerprint density at radius 3 is 2.64 bits per heavy atom. The van der Waals surface area contributed by atoms with Crippen molar-refractivity contribution < 1.29 is 4.79 Å². The molecule has 0 aliphatic carbocycles. The van der Waals surface area contributed by atoms with Crippen molar-refractivity contribution in [2.45, 2.75) is 51.1 Å². The molecule has 1 aliphatic rings. The first-order valence-corrected chi connectivity index (χ1v) is 8.97. The van der Waals surface area contributed by atoms with Crippen molar-refractivity contribution in [3.8, 4) is 0 Å². The number of piperidine rings is 1. The first kappa shape index (κ1) is 17.6. The molecular weight excluding hydrogens is 314 g/mol. The predicted molar refractivity (Wildman–Crippen MR) is 97.6 cm³/mol. The van der Waals surface area contributed by atoms with E-state index in [0.29, 0.717) is 11.7 Å². The summed E-state index contributed by atoms with van der Waals surface area (Å²) in [6.45, 7) is 8.27. The predicted octanol–water partition coefficient (Wildman–Crippen LogP) is 2.30. The molecule has 1 fully saturated rings. The molecule has 0 radical (unpaired) electrons. The van der Waals surface area contributed by atoms with E-state index in [2.05, 4.69) is 46.9 Å². The molecule has 0 spiro atoms. The van der Waals surface area contributed by atoms with Crippen molar-refractivity contribution >= 4 is 5.91 Å². The molecular formula is C19H27N5O. The molecule has 1 aliphatic heterocycles. The lowest BCUT2D eigenvalue weighted by Crippen LogP contribution is -2.45. The number of hydrogen-bond donors (Lipinski definition) is 2. The van der Waals surface area contributed by atoms with Gasteiger partial charge in [0.15, 0.2) is 5.69 Å². The molecule has 2 N–H and O–H groups in total. The van der Waals surface area contributed by atoms with Gasteiger partial charge < -0.3 is 10.6 Å². The van der Waals surface area contributed by atoms with Gasteiger partial charge >= 0.3 is 0 Å². The van der Waals surface area contributed by atoms with Crippen LogP contribution in [-0.4, -0.2) is 40.0 Å². The zero-order valence-electron chi connectivity index (χ0n) is 15.2. The van der Waals surface area contributed by atoms with Crippen LogP contribution in [0.3, 0.4) is 0 Å². The van der Waals surface area contributed by atoms with Crippen molar-refractivity contribution in [3.05, 3.63) is 47.8 Å². The first-order chi connectivity index (χ1) is 12.0. The zero-order valence-corrected chi connectivity index (χ0v) is 15.2. The van der Waals surface area contributed by atoms with Crippen LogP contribution in [0.1, 0.15) is 55.7 Å². The van der Waals surface area contributed by atoms with E-state index in [1.165, 1.54) is 5.56 Å². The van der Waals surface area contributed by atoms with Crippen LogP contribution in [0.25, 0.3) is 0 Å². The number of carbonyl (C=O) groups excluding carboxylic acids is 1. The Morgan fingerprint density at radius 2 is 1.96 bits per heavy atom. The summed E-state index contributed by atoms with van der Waals surface area (Å²) in [7, 11) is 0. The number of rotatable bonds is 5. The molecule has 0 saturated carbocycles. The van der Waals surface area contributed by atoms with Crippen LogP contribution in [0, 0.1) is 0 Å². The van der Waals surface area contributed by atoms with Crippen molar-refractivity contribution in [1.29, 1.82) is 0 Å². The van der Waals surface area contributed by atoms with Gasteiger partial charge in [-0.2, -0.15) is 0 Å². The molecule has 2 heterocycles. The van der Waals surface area contributed by atoms with Crippen LogP contribution < -0.4 is 10.6 Å². The highest BCUT2D eigenvalue weighted by atomic mass is 16.2. The number of nitrogens with zero attached hydrogens (tertiary/aromatic N) is 3. The van der Waals surface area contributed by atoms with Crippen LogP contribution in [0.2, 0.25) is 0 Å². The SMILES string of the molecule is CC(NC(=O)c1cn(C2CCNCC2)nn1)C(C)(C)c1ccccc1. The van der Waals surface area contributed by atoms with E-state index in [1.54, 1.807) is 6.20 Å². The van der Waals surface area contributed by atoms with Gasteiger partial charge in [-0.15, -0.1) is 5.10 Å². The van der Waals surface area contributed by atoms with Crippen LogP contribution in [0.15, 0.2) is 36.5 Å². The lowest BCUT2D eigenvalue weighted by Gasteiger charge is -2.32. The van der Waals surface area contributed by atoms with Gasteiger partial charge in [-0.25, -0.2) is 4.68 Å². The summed E-state index contributed by atoms with van der Waals surface area (Å²) in [5.41, 5.74) is 1.40. The molecule has 1 unspecified atom stereocenters. The van der Waals surface area contributed by atoms with E-state index >= 15 is 0 Å². The van der Waals surface area contributed by atoms with Crippen LogP contribution in [0.5, 0.6) is 0 Å². The first-order valence-electron chi connectivity index (χ1n) is 8.97. The fourth-order valence-electron chi connectivity index (χ4n) is 3.20. The summed E-state index contributed by atoms with van der Waals surface area (Å²) in [4.78, 5) is 12.6. The summed E-state index contributed by atoms with van der Waals surface area (Å²) in [6.07, 6.45) is 3.80. The average Bonchev–Trinajstić information content (AvgIpc) is 3.13. The molecule has 1 atom stereocenters. The minimum absolute atomic E-state index is 0.0357. The maximum Gasteiger partial charge on any atom is 0.273 e. The normalized spacial score (nSPS) is 17.2. The smallest absolute Gasteiger partial charge is 0.273 e. The Balaban J connectivity index is 1.66. The monoisotopic (exact) mass is 341 g/mol. The highest BCUT2D eigenvalue weighted by Crippen LogP contribution is 2.27. The van der Waals surface area contributed by atoms with Crippen molar-refractivity contribution in [3.63, 3.8) is 0 Å². The second-order valence-electron chi connectivity index (χ2n) is 7.35. The zero-order chi connectivity index (χ0) is 17.9. The second kappa shape index (κ2) is 7.35. The van der Waals surface area contributed by atoms with E-state index in [9.17, 15) is 4.79 Å². The lowest BCUT2D eigenvalue weighted by atomic mass is 9.78. The van der Waals surface area contributed by atoms with Crippen LogP contribution >= 0.6 is 0 Å². The van der Waals surface area contributed by atoms with Gasteiger partial charge in [-0.1, -0.05) is 49.4 Å². The number of benzene rings is 1. The number of nitrogens with one attached hydrogen (secondary N) is 2. The van der Waals surface area contributed by atoms with Crippen LogP contribution in [-0.2, 0) is 5.41 Å². The molecule has 1 aromatic carbocycles. The highest BCUT2D eigenvalue weighted by Gasteiger charge is 2.30. The largest absolute Gasteiger partial charge is 0.347 e. The Bertz CT molecular complexity index is 704. The molecule has 1 saturated heterocycles. The van der Waals surface area contributed by atoms with Gasteiger partial charge in [0.25, 0.3) is 5.91 Å².